The fourth-order valence-corrected chi connectivity index (χ4v) is 3.46. The van der Waals surface area contributed by atoms with Crippen molar-refractivity contribution in [3.63, 3.8) is 0 Å². The lowest BCUT2D eigenvalue weighted by Crippen LogP contribution is -2.34. The second-order valence-corrected chi connectivity index (χ2v) is 10.2. The molecule has 1 aromatic rings. The summed E-state index contributed by atoms with van der Waals surface area (Å²) in [4.78, 5) is 10.3. The Kier molecular flexibility index (Phi) is 4.09. The fraction of sp³-hybridized carbons (Fsp3) is 0.417. The first-order valence-electron chi connectivity index (χ1n) is 5.16. The molecule has 1 atom stereocenters. The van der Waals surface area contributed by atoms with E-state index in [1.807, 2.05) is 18.2 Å². The van der Waals surface area contributed by atoms with Crippen molar-refractivity contribution < 1.29 is 9.53 Å². The predicted molar refractivity (Wildman–Crippen MR) is 64.5 cm³/mol. The van der Waals surface area contributed by atoms with Gasteiger partial charge < -0.3 is 4.74 Å². The van der Waals surface area contributed by atoms with Crippen molar-refractivity contribution in [3.8, 4) is 0 Å². The molecule has 0 saturated heterocycles. The summed E-state index contributed by atoms with van der Waals surface area (Å²) in [5.41, 5.74) is 1.66. The first-order valence-corrected chi connectivity index (χ1v) is 8.73. The van der Waals surface area contributed by atoms with Crippen molar-refractivity contribution in [3.05, 3.63) is 35.9 Å². The molecule has 0 aliphatic heterocycles. The standard InChI is InChI=1S/C12H18O2Si/c1-15(2,3)12(9-14-10-13)11-7-5-4-6-8-11/h4-8,10,12H,9H2,1-3H3. The van der Waals surface area contributed by atoms with E-state index in [0.717, 1.165) is 0 Å². The van der Waals surface area contributed by atoms with Gasteiger partial charge in [-0.1, -0.05) is 50.0 Å². The summed E-state index contributed by atoms with van der Waals surface area (Å²) < 4.78 is 4.93. The van der Waals surface area contributed by atoms with E-state index in [1.54, 1.807) is 0 Å². The van der Waals surface area contributed by atoms with Gasteiger partial charge in [0.1, 0.15) is 0 Å². The zero-order valence-electron chi connectivity index (χ0n) is 9.57. The van der Waals surface area contributed by atoms with Gasteiger partial charge in [0.25, 0.3) is 6.47 Å². The van der Waals surface area contributed by atoms with Crippen molar-refractivity contribution in [1.29, 1.82) is 0 Å². The molecule has 0 heterocycles. The number of carbonyl (C=O) groups is 1. The Bertz CT molecular complexity index is 303. The highest BCUT2D eigenvalue weighted by Gasteiger charge is 2.28. The summed E-state index contributed by atoms with van der Waals surface area (Å²) in [5.74, 6) is 0. The highest BCUT2D eigenvalue weighted by atomic mass is 28.3. The van der Waals surface area contributed by atoms with Crippen LogP contribution in [0, 0.1) is 0 Å². The molecule has 1 unspecified atom stereocenters. The maximum atomic E-state index is 10.3. The second-order valence-electron chi connectivity index (χ2n) is 4.76. The van der Waals surface area contributed by atoms with Crippen LogP contribution in [0.1, 0.15) is 11.1 Å². The van der Waals surface area contributed by atoms with Crippen LogP contribution in [-0.2, 0) is 9.53 Å². The van der Waals surface area contributed by atoms with E-state index in [2.05, 4.69) is 31.8 Å². The zero-order chi connectivity index (χ0) is 11.3. The third kappa shape index (κ3) is 3.51. The minimum atomic E-state index is -1.35. The molecule has 0 aliphatic rings. The van der Waals surface area contributed by atoms with Crippen LogP contribution in [0.3, 0.4) is 0 Å². The van der Waals surface area contributed by atoms with Gasteiger partial charge in [-0.05, 0) is 5.56 Å². The number of carbonyl (C=O) groups excluding carboxylic acids is 1. The predicted octanol–water partition coefficient (Wildman–Crippen LogP) is 2.82. The Morgan fingerprint density at radius 2 is 1.87 bits per heavy atom. The molecule has 82 valence electrons. The average Bonchev–Trinajstić information content (AvgIpc) is 2.18. The summed E-state index contributed by atoms with van der Waals surface area (Å²) in [7, 11) is -1.35. The summed E-state index contributed by atoms with van der Waals surface area (Å²) >= 11 is 0. The topological polar surface area (TPSA) is 26.3 Å². The normalized spacial score (nSPS) is 13.3. The SMILES string of the molecule is C[Si](C)(C)C(COC=O)c1ccccc1. The molecule has 2 nitrogen and oxygen atoms in total. The van der Waals surface area contributed by atoms with Gasteiger partial charge in [0.05, 0.1) is 14.7 Å². The molecule has 1 aromatic carbocycles. The maximum absolute atomic E-state index is 10.3. The van der Waals surface area contributed by atoms with Crippen molar-refractivity contribution in [2.24, 2.45) is 0 Å². The molecule has 0 aromatic heterocycles. The Hall–Kier alpha value is -1.09. The van der Waals surface area contributed by atoms with Gasteiger partial charge in [-0.2, -0.15) is 0 Å². The molecule has 0 radical (unpaired) electrons. The highest BCUT2D eigenvalue weighted by Crippen LogP contribution is 2.26. The number of rotatable bonds is 5. The molecular weight excluding hydrogens is 204 g/mol. The number of benzene rings is 1. The zero-order valence-corrected chi connectivity index (χ0v) is 10.6. The second kappa shape index (κ2) is 5.12. The van der Waals surface area contributed by atoms with Gasteiger partial charge in [-0.3, -0.25) is 4.79 Å². The average molecular weight is 222 g/mol. The quantitative estimate of drug-likeness (QED) is 0.565. The molecular formula is C12H18O2Si. The molecule has 0 fully saturated rings. The molecule has 1 rings (SSSR count). The lowest BCUT2D eigenvalue weighted by atomic mass is 10.1. The lowest BCUT2D eigenvalue weighted by molar-refractivity contribution is -0.128. The van der Waals surface area contributed by atoms with E-state index in [0.29, 0.717) is 18.6 Å². The molecule has 0 spiro atoms. The third-order valence-electron chi connectivity index (χ3n) is 2.58. The summed E-state index contributed by atoms with van der Waals surface area (Å²) in [6, 6.07) is 10.3. The molecule has 3 heteroatoms. The van der Waals surface area contributed by atoms with Gasteiger partial charge in [-0.15, -0.1) is 0 Å². The van der Waals surface area contributed by atoms with E-state index < -0.39 is 8.07 Å². The Morgan fingerprint density at radius 3 is 2.33 bits per heavy atom. The lowest BCUT2D eigenvalue weighted by Gasteiger charge is -2.28. The molecule has 0 aliphatic carbocycles. The first-order chi connectivity index (χ1) is 7.05. The number of hydrogen-bond acceptors (Lipinski definition) is 2. The van der Waals surface area contributed by atoms with Crippen LogP contribution in [0.5, 0.6) is 0 Å². The first kappa shape index (κ1) is 12.0. The van der Waals surface area contributed by atoms with Gasteiger partial charge in [0, 0.05) is 5.54 Å². The fourth-order valence-electron chi connectivity index (χ4n) is 1.67. The van der Waals surface area contributed by atoms with E-state index in [-0.39, 0.29) is 0 Å². The van der Waals surface area contributed by atoms with Gasteiger partial charge in [-0.25, -0.2) is 0 Å². The van der Waals surface area contributed by atoms with Crippen LogP contribution >= 0.6 is 0 Å². The van der Waals surface area contributed by atoms with Crippen molar-refractivity contribution in [1.82, 2.24) is 0 Å². The van der Waals surface area contributed by atoms with Crippen molar-refractivity contribution in [2.75, 3.05) is 6.61 Å². The molecule has 0 N–H and O–H groups in total. The van der Waals surface area contributed by atoms with Gasteiger partial charge in [0.2, 0.25) is 0 Å². The smallest absolute Gasteiger partial charge is 0.293 e. The van der Waals surface area contributed by atoms with Crippen LogP contribution in [0.4, 0.5) is 0 Å². The van der Waals surface area contributed by atoms with Crippen LogP contribution in [-0.4, -0.2) is 21.2 Å². The van der Waals surface area contributed by atoms with Crippen LogP contribution < -0.4 is 0 Å². The third-order valence-corrected chi connectivity index (χ3v) is 5.17. The molecule has 15 heavy (non-hydrogen) atoms. The number of hydrogen-bond donors (Lipinski definition) is 0. The Balaban J connectivity index is 2.86. The molecule has 0 bridgehead atoms. The van der Waals surface area contributed by atoms with Crippen LogP contribution in [0.15, 0.2) is 30.3 Å². The number of ether oxygens (including phenoxy) is 1. The van der Waals surface area contributed by atoms with Crippen LogP contribution in [0.2, 0.25) is 19.6 Å². The van der Waals surface area contributed by atoms with Crippen molar-refractivity contribution >= 4 is 14.5 Å². The molecule has 0 saturated carbocycles. The van der Waals surface area contributed by atoms with Crippen molar-refractivity contribution in [2.45, 2.75) is 25.2 Å². The monoisotopic (exact) mass is 222 g/mol. The van der Waals surface area contributed by atoms with Gasteiger partial charge >= 0.3 is 0 Å². The molecule has 0 amide bonds. The minimum Gasteiger partial charge on any atom is -0.468 e. The van der Waals surface area contributed by atoms with E-state index in [4.69, 9.17) is 4.74 Å². The summed E-state index contributed by atoms with van der Waals surface area (Å²) in [6.45, 7) is 7.91. The summed E-state index contributed by atoms with van der Waals surface area (Å²) in [6.07, 6.45) is 0. The van der Waals surface area contributed by atoms with E-state index in [9.17, 15) is 4.79 Å². The summed E-state index contributed by atoms with van der Waals surface area (Å²) in [5, 5.41) is 0. The van der Waals surface area contributed by atoms with Crippen LogP contribution in [0.25, 0.3) is 0 Å². The van der Waals surface area contributed by atoms with Gasteiger partial charge in [0.15, 0.2) is 0 Å². The van der Waals surface area contributed by atoms with E-state index in [1.165, 1.54) is 5.56 Å². The highest BCUT2D eigenvalue weighted by molar-refractivity contribution is 6.77. The maximum Gasteiger partial charge on any atom is 0.293 e. The Morgan fingerprint density at radius 1 is 1.27 bits per heavy atom. The Labute approximate surface area is 92.3 Å². The largest absolute Gasteiger partial charge is 0.468 e. The minimum absolute atomic E-state index is 0.379. The van der Waals surface area contributed by atoms with E-state index >= 15 is 0 Å².